The lowest BCUT2D eigenvalue weighted by molar-refractivity contribution is -0.116. The second kappa shape index (κ2) is 15.0. The van der Waals surface area contributed by atoms with E-state index in [1.165, 1.54) is 11.8 Å². The molecule has 0 aliphatic carbocycles. The molecule has 0 radical (unpaired) electrons. The van der Waals surface area contributed by atoms with Gasteiger partial charge in [0.2, 0.25) is 5.91 Å². The van der Waals surface area contributed by atoms with Gasteiger partial charge in [-0.1, -0.05) is 55.5 Å². The fraction of sp³-hybridized carbons (Fsp3) is 0.121. The van der Waals surface area contributed by atoms with Crippen LogP contribution in [0.1, 0.15) is 29.3 Å². The lowest BCUT2D eigenvalue weighted by Crippen LogP contribution is -2.30. The molecule has 0 aliphatic heterocycles. The molecule has 3 amide bonds. The molecule has 0 aromatic heterocycles. The lowest BCUT2D eigenvalue weighted by Gasteiger charge is -2.16. The Morgan fingerprint density at radius 3 is 2.29 bits per heavy atom. The summed E-state index contributed by atoms with van der Waals surface area (Å²) < 4.78 is 6.03. The summed E-state index contributed by atoms with van der Waals surface area (Å²) in [5, 5.41) is 8.25. The SMILES string of the molecule is CCC(Sc1cccc(NC(=O)/C(=C\c2ccc(OC)cc2)NC(=O)c2ccccc2)c1)C(=O)Nc1ccccc1Br. The molecule has 0 saturated carbocycles. The van der Waals surface area contributed by atoms with Crippen molar-refractivity contribution in [1.29, 1.82) is 0 Å². The van der Waals surface area contributed by atoms with Crippen molar-refractivity contribution in [2.24, 2.45) is 0 Å². The third kappa shape index (κ3) is 8.58. The number of carbonyl (C=O) groups is 3. The number of ether oxygens (including phenoxy) is 1. The van der Waals surface area contributed by atoms with Crippen molar-refractivity contribution in [3.8, 4) is 5.75 Å². The van der Waals surface area contributed by atoms with Crippen molar-refractivity contribution in [2.45, 2.75) is 23.5 Å². The normalized spacial score (nSPS) is 11.7. The molecule has 1 atom stereocenters. The third-order valence-electron chi connectivity index (χ3n) is 6.12. The Balaban J connectivity index is 1.51. The van der Waals surface area contributed by atoms with Crippen molar-refractivity contribution in [2.75, 3.05) is 17.7 Å². The van der Waals surface area contributed by atoms with Gasteiger partial charge >= 0.3 is 0 Å². The first kappa shape index (κ1) is 30.6. The van der Waals surface area contributed by atoms with Gasteiger partial charge in [-0.3, -0.25) is 14.4 Å². The second-order valence-electron chi connectivity index (χ2n) is 9.12. The number of amides is 3. The molecule has 1 unspecified atom stereocenters. The number of para-hydroxylation sites is 1. The van der Waals surface area contributed by atoms with Crippen molar-refractivity contribution in [1.82, 2.24) is 5.32 Å². The summed E-state index contributed by atoms with van der Waals surface area (Å²) in [6, 6.07) is 30.5. The van der Waals surface area contributed by atoms with Gasteiger partial charge in [0.25, 0.3) is 11.8 Å². The molecule has 0 bridgehead atoms. The number of halogens is 1. The van der Waals surface area contributed by atoms with E-state index in [9.17, 15) is 14.4 Å². The first-order valence-corrected chi connectivity index (χ1v) is 14.9. The molecular formula is C33H30BrN3O4S. The van der Waals surface area contributed by atoms with Gasteiger partial charge < -0.3 is 20.7 Å². The molecule has 4 aromatic rings. The van der Waals surface area contributed by atoms with Crippen molar-refractivity contribution in [3.05, 3.63) is 124 Å². The van der Waals surface area contributed by atoms with Crippen molar-refractivity contribution >= 4 is 62.9 Å². The Bertz CT molecular complexity index is 1580. The Morgan fingerprint density at radius 2 is 1.60 bits per heavy atom. The van der Waals surface area contributed by atoms with E-state index in [0.29, 0.717) is 34.7 Å². The van der Waals surface area contributed by atoms with Crippen LogP contribution in [0.4, 0.5) is 11.4 Å². The van der Waals surface area contributed by atoms with E-state index in [4.69, 9.17) is 4.74 Å². The number of carbonyl (C=O) groups excluding carboxylic acids is 3. The van der Waals surface area contributed by atoms with Gasteiger partial charge in [0.05, 0.1) is 18.0 Å². The number of methoxy groups -OCH3 is 1. The maximum atomic E-state index is 13.4. The van der Waals surface area contributed by atoms with E-state index >= 15 is 0 Å². The molecule has 4 aromatic carbocycles. The van der Waals surface area contributed by atoms with Crippen LogP contribution in [-0.2, 0) is 9.59 Å². The van der Waals surface area contributed by atoms with Gasteiger partial charge in [-0.2, -0.15) is 0 Å². The summed E-state index contributed by atoms with van der Waals surface area (Å²) >= 11 is 4.87. The van der Waals surface area contributed by atoms with E-state index in [1.54, 1.807) is 73.8 Å². The summed E-state index contributed by atoms with van der Waals surface area (Å²) in [5.41, 5.74) is 2.44. The largest absolute Gasteiger partial charge is 0.497 e. The molecule has 214 valence electrons. The number of hydrogen-bond acceptors (Lipinski definition) is 5. The average molecular weight is 645 g/mol. The van der Waals surface area contributed by atoms with Crippen LogP contribution in [-0.4, -0.2) is 30.1 Å². The summed E-state index contributed by atoms with van der Waals surface area (Å²) in [4.78, 5) is 40.2. The lowest BCUT2D eigenvalue weighted by atomic mass is 10.1. The summed E-state index contributed by atoms with van der Waals surface area (Å²) in [6.45, 7) is 1.95. The first-order valence-electron chi connectivity index (χ1n) is 13.2. The van der Waals surface area contributed by atoms with Crippen LogP contribution >= 0.6 is 27.7 Å². The Hall–Kier alpha value is -4.34. The van der Waals surface area contributed by atoms with Crippen LogP contribution in [0.5, 0.6) is 5.75 Å². The molecule has 3 N–H and O–H groups in total. The van der Waals surface area contributed by atoms with Crippen LogP contribution in [0.25, 0.3) is 6.08 Å². The quantitative estimate of drug-likeness (QED) is 0.117. The second-order valence-corrected chi connectivity index (χ2v) is 11.2. The number of nitrogens with one attached hydrogen (secondary N) is 3. The number of benzene rings is 4. The molecule has 42 heavy (non-hydrogen) atoms. The Labute approximate surface area is 257 Å². The fourth-order valence-corrected chi connectivity index (χ4v) is 5.31. The molecule has 0 fully saturated rings. The van der Waals surface area contributed by atoms with Gasteiger partial charge in [-0.25, -0.2) is 0 Å². The summed E-state index contributed by atoms with van der Waals surface area (Å²) in [7, 11) is 1.58. The predicted molar refractivity (Wildman–Crippen MR) is 173 cm³/mol. The zero-order valence-electron chi connectivity index (χ0n) is 23.1. The maximum Gasteiger partial charge on any atom is 0.272 e. The molecule has 0 saturated heterocycles. The number of rotatable bonds is 11. The summed E-state index contributed by atoms with van der Waals surface area (Å²) in [5.74, 6) is -0.332. The van der Waals surface area contributed by atoms with Crippen molar-refractivity contribution < 1.29 is 19.1 Å². The zero-order valence-corrected chi connectivity index (χ0v) is 25.5. The highest BCUT2D eigenvalue weighted by molar-refractivity contribution is 9.10. The number of thioether (sulfide) groups is 1. The van der Waals surface area contributed by atoms with Gasteiger partial charge in [0.15, 0.2) is 0 Å². The average Bonchev–Trinajstić information content (AvgIpc) is 3.01. The minimum atomic E-state index is -0.490. The van der Waals surface area contributed by atoms with Gasteiger partial charge in [0.1, 0.15) is 11.4 Å². The van der Waals surface area contributed by atoms with Gasteiger partial charge in [0, 0.05) is 20.6 Å². The molecule has 9 heteroatoms. The van der Waals surface area contributed by atoms with E-state index in [1.807, 2.05) is 49.4 Å². The van der Waals surface area contributed by atoms with Crippen LogP contribution in [0.15, 0.2) is 118 Å². The number of hydrogen-bond donors (Lipinski definition) is 3. The van der Waals surface area contributed by atoms with Crippen LogP contribution in [0.2, 0.25) is 0 Å². The predicted octanol–water partition coefficient (Wildman–Crippen LogP) is 7.38. The smallest absolute Gasteiger partial charge is 0.272 e. The molecule has 7 nitrogen and oxygen atoms in total. The highest BCUT2D eigenvalue weighted by atomic mass is 79.9. The number of anilines is 2. The molecule has 0 heterocycles. The van der Waals surface area contributed by atoms with Crippen LogP contribution in [0, 0.1) is 0 Å². The summed E-state index contributed by atoms with van der Waals surface area (Å²) in [6.07, 6.45) is 2.21. The topological polar surface area (TPSA) is 96.5 Å². The van der Waals surface area contributed by atoms with E-state index in [0.717, 1.165) is 9.37 Å². The maximum absolute atomic E-state index is 13.4. The van der Waals surface area contributed by atoms with Crippen LogP contribution < -0.4 is 20.7 Å². The third-order valence-corrected chi connectivity index (χ3v) is 8.17. The van der Waals surface area contributed by atoms with Crippen molar-refractivity contribution in [3.63, 3.8) is 0 Å². The zero-order chi connectivity index (χ0) is 29.9. The molecular weight excluding hydrogens is 614 g/mol. The Morgan fingerprint density at radius 1 is 0.881 bits per heavy atom. The molecule has 0 aliphatic rings. The minimum Gasteiger partial charge on any atom is -0.497 e. The highest BCUT2D eigenvalue weighted by Gasteiger charge is 2.20. The fourth-order valence-electron chi connectivity index (χ4n) is 3.92. The first-order chi connectivity index (χ1) is 20.4. The van der Waals surface area contributed by atoms with E-state index in [2.05, 4.69) is 31.9 Å². The standard InChI is InChI=1S/C33H30BrN3O4S/c1-3-30(33(40)36-28-15-8-7-14-27(28)34)42-26-13-9-12-24(21-26)35-32(39)29(20-22-16-18-25(41-2)19-17-22)37-31(38)23-10-5-4-6-11-23/h4-21,30H,3H2,1-2H3,(H,35,39)(H,36,40)(H,37,38)/b29-20+. The minimum absolute atomic E-state index is 0.0753. The van der Waals surface area contributed by atoms with Crippen LogP contribution in [0.3, 0.4) is 0 Å². The Kier molecular flexibility index (Phi) is 11.0. The molecule has 0 spiro atoms. The van der Waals surface area contributed by atoms with Gasteiger partial charge in [-0.05, 0) is 88.6 Å². The molecule has 4 rings (SSSR count). The van der Waals surface area contributed by atoms with Gasteiger partial charge in [-0.15, -0.1) is 11.8 Å². The van der Waals surface area contributed by atoms with E-state index < -0.39 is 11.8 Å². The van der Waals surface area contributed by atoms with E-state index in [-0.39, 0.29) is 16.9 Å². The monoisotopic (exact) mass is 643 g/mol. The highest BCUT2D eigenvalue weighted by Crippen LogP contribution is 2.30.